The largest absolute Gasteiger partial charge is 0.345 e. The lowest BCUT2D eigenvalue weighted by Crippen LogP contribution is -2.49. The number of benzene rings is 1. The standard InChI is InChI=1S/C19H24N4O/c1-23-11-10-20-19(23)18-16(8-9-17(24)22-18)21-12-13-2-4-14(5-3-13)15-6-7-15/h2-5,10-11,15-16,18,21H,6-9,12H2,1H3,(H,22,24)/t16-,18-/m1/s1. The topological polar surface area (TPSA) is 59.0 Å². The zero-order valence-corrected chi connectivity index (χ0v) is 14.0. The summed E-state index contributed by atoms with van der Waals surface area (Å²) in [5, 5.41) is 6.71. The van der Waals surface area contributed by atoms with Gasteiger partial charge in [0.2, 0.25) is 5.91 Å². The Hall–Kier alpha value is -2.14. The first-order chi connectivity index (χ1) is 11.7. The summed E-state index contributed by atoms with van der Waals surface area (Å²) in [7, 11) is 1.97. The second kappa shape index (κ2) is 6.40. The Morgan fingerprint density at radius 2 is 2.04 bits per heavy atom. The normalized spacial score (nSPS) is 24.0. The molecule has 5 nitrogen and oxygen atoms in total. The third-order valence-electron chi connectivity index (χ3n) is 5.13. The van der Waals surface area contributed by atoms with Crippen molar-refractivity contribution < 1.29 is 4.79 Å². The molecule has 1 saturated heterocycles. The molecule has 1 aromatic carbocycles. The van der Waals surface area contributed by atoms with Crippen LogP contribution in [0.5, 0.6) is 0 Å². The molecule has 126 valence electrons. The van der Waals surface area contributed by atoms with Gasteiger partial charge in [0.1, 0.15) is 11.9 Å². The van der Waals surface area contributed by atoms with Gasteiger partial charge >= 0.3 is 0 Å². The van der Waals surface area contributed by atoms with Gasteiger partial charge in [0, 0.05) is 38.4 Å². The number of aromatic nitrogens is 2. The van der Waals surface area contributed by atoms with Gasteiger partial charge in [-0.25, -0.2) is 4.98 Å². The molecule has 1 amide bonds. The van der Waals surface area contributed by atoms with E-state index < -0.39 is 0 Å². The van der Waals surface area contributed by atoms with Crippen LogP contribution in [0.2, 0.25) is 0 Å². The first-order valence-electron chi connectivity index (χ1n) is 8.79. The first-order valence-corrected chi connectivity index (χ1v) is 8.79. The second-order valence-corrected chi connectivity index (χ2v) is 6.98. The summed E-state index contributed by atoms with van der Waals surface area (Å²) in [6, 6.07) is 9.08. The van der Waals surface area contributed by atoms with Crippen LogP contribution in [0.1, 0.15) is 54.6 Å². The lowest BCUT2D eigenvalue weighted by Gasteiger charge is -2.32. The number of imidazole rings is 1. The number of hydrogen-bond donors (Lipinski definition) is 2. The number of nitrogens with zero attached hydrogens (tertiary/aromatic N) is 2. The fourth-order valence-corrected chi connectivity index (χ4v) is 3.51. The molecule has 0 spiro atoms. The molecule has 1 aliphatic carbocycles. The number of amides is 1. The third-order valence-corrected chi connectivity index (χ3v) is 5.13. The lowest BCUT2D eigenvalue weighted by molar-refractivity contribution is -0.124. The van der Waals surface area contributed by atoms with E-state index in [2.05, 4.69) is 39.9 Å². The number of carbonyl (C=O) groups is 1. The molecule has 1 aromatic heterocycles. The molecule has 2 heterocycles. The van der Waals surface area contributed by atoms with Crippen molar-refractivity contribution in [3.05, 3.63) is 53.6 Å². The zero-order valence-electron chi connectivity index (χ0n) is 14.0. The summed E-state index contributed by atoms with van der Waals surface area (Å²) >= 11 is 0. The van der Waals surface area contributed by atoms with Crippen molar-refractivity contribution >= 4 is 5.91 Å². The summed E-state index contributed by atoms with van der Waals surface area (Å²) in [5.74, 6) is 1.81. The smallest absolute Gasteiger partial charge is 0.220 e. The quantitative estimate of drug-likeness (QED) is 0.888. The van der Waals surface area contributed by atoms with Gasteiger partial charge < -0.3 is 15.2 Å². The summed E-state index contributed by atoms with van der Waals surface area (Å²) in [5.41, 5.74) is 2.75. The maximum Gasteiger partial charge on any atom is 0.220 e. The maximum atomic E-state index is 11.8. The van der Waals surface area contributed by atoms with Crippen LogP contribution in [0.3, 0.4) is 0 Å². The van der Waals surface area contributed by atoms with Gasteiger partial charge in [-0.3, -0.25) is 4.79 Å². The van der Waals surface area contributed by atoms with E-state index in [0.29, 0.717) is 6.42 Å². The average molecular weight is 324 g/mol. The van der Waals surface area contributed by atoms with E-state index in [4.69, 9.17) is 0 Å². The van der Waals surface area contributed by atoms with Gasteiger partial charge in [-0.15, -0.1) is 0 Å². The van der Waals surface area contributed by atoms with Crippen LogP contribution in [-0.2, 0) is 18.4 Å². The number of nitrogens with one attached hydrogen (secondary N) is 2. The van der Waals surface area contributed by atoms with E-state index in [9.17, 15) is 4.79 Å². The fourth-order valence-electron chi connectivity index (χ4n) is 3.51. The minimum atomic E-state index is -0.0722. The van der Waals surface area contributed by atoms with Gasteiger partial charge in [0.15, 0.2) is 0 Å². The van der Waals surface area contributed by atoms with Crippen LogP contribution in [0.4, 0.5) is 0 Å². The Labute approximate surface area is 142 Å². The van der Waals surface area contributed by atoms with E-state index in [0.717, 1.165) is 24.7 Å². The Bertz CT molecular complexity index is 717. The van der Waals surface area contributed by atoms with E-state index >= 15 is 0 Å². The number of carbonyl (C=O) groups excluding carboxylic acids is 1. The summed E-state index contributed by atoms with van der Waals surface area (Å²) in [4.78, 5) is 16.3. The van der Waals surface area contributed by atoms with Crippen molar-refractivity contribution in [2.24, 2.45) is 7.05 Å². The van der Waals surface area contributed by atoms with Gasteiger partial charge in [-0.05, 0) is 36.3 Å². The van der Waals surface area contributed by atoms with E-state index in [1.807, 2.05) is 17.8 Å². The number of piperidine rings is 1. The fraction of sp³-hybridized carbons (Fsp3) is 0.474. The molecule has 2 aliphatic rings. The highest BCUT2D eigenvalue weighted by Crippen LogP contribution is 2.39. The van der Waals surface area contributed by atoms with Gasteiger partial charge in [-0.1, -0.05) is 24.3 Å². The SMILES string of the molecule is Cn1ccnc1[C@@H]1NC(=O)CC[C@H]1NCc1ccc(C2CC2)cc1. The lowest BCUT2D eigenvalue weighted by atomic mass is 9.96. The van der Waals surface area contributed by atoms with E-state index in [-0.39, 0.29) is 18.0 Å². The molecule has 1 aliphatic heterocycles. The van der Waals surface area contributed by atoms with Gasteiger partial charge in [-0.2, -0.15) is 0 Å². The monoisotopic (exact) mass is 324 g/mol. The molecular weight excluding hydrogens is 300 g/mol. The molecule has 1 saturated carbocycles. The van der Waals surface area contributed by atoms with E-state index in [1.165, 1.54) is 24.0 Å². The highest BCUT2D eigenvalue weighted by Gasteiger charge is 2.32. The third kappa shape index (κ3) is 3.22. The number of rotatable bonds is 5. The van der Waals surface area contributed by atoms with Crippen LogP contribution in [-0.4, -0.2) is 21.5 Å². The summed E-state index contributed by atoms with van der Waals surface area (Å²) in [6.07, 6.45) is 7.78. The van der Waals surface area contributed by atoms with Crippen LogP contribution < -0.4 is 10.6 Å². The second-order valence-electron chi connectivity index (χ2n) is 6.98. The van der Waals surface area contributed by atoms with Crippen molar-refractivity contribution in [3.63, 3.8) is 0 Å². The Balaban J connectivity index is 1.43. The Morgan fingerprint density at radius 1 is 1.25 bits per heavy atom. The highest BCUT2D eigenvalue weighted by atomic mass is 16.1. The van der Waals surface area contributed by atoms with E-state index in [1.54, 1.807) is 6.20 Å². The molecule has 24 heavy (non-hydrogen) atoms. The molecule has 2 atom stereocenters. The van der Waals surface area contributed by atoms with Gasteiger partial charge in [0.25, 0.3) is 0 Å². The summed E-state index contributed by atoms with van der Waals surface area (Å²) < 4.78 is 1.98. The highest BCUT2D eigenvalue weighted by molar-refractivity contribution is 5.77. The first kappa shape index (κ1) is 15.4. The Kier molecular flexibility index (Phi) is 4.10. The van der Waals surface area contributed by atoms with Crippen LogP contribution >= 0.6 is 0 Å². The van der Waals surface area contributed by atoms with Crippen molar-refractivity contribution in [2.45, 2.75) is 50.2 Å². The molecule has 0 bridgehead atoms. The molecule has 0 radical (unpaired) electrons. The summed E-state index contributed by atoms with van der Waals surface area (Å²) in [6.45, 7) is 0.812. The van der Waals surface area contributed by atoms with Crippen LogP contribution in [0, 0.1) is 0 Å². The number of hydrogen-bond acceptors (Lipinski definition) is 3. The van der Waals surface area contributed by atoms with Gasteiger partial charge in [0.05, 0.1) is 0 Å². The molecule has 5 heteroatoms. The minimum Gasteiger partial charge on any atom is -0.345 e. The molecular formula is C19H24N4O. The molecule has 4 rings (SSSR count). The molecule has 2 fully saturated rings. The van der Waals surface area contributed by atoms with Crippen LogP contribution in [0.15, 0.2) is 36.7 Å². The van der Waals surface area contributed by atoms with Crippen molar-refractivity contribution in [1.82, 2.24) is 20.2 Å². The minimum absolute atomic E-state index is 0.0722. The Morgan fingerprint density at radius 3 is 2.71 bits per heavy atom. The molecule has 0 unspecified atom stereocenters. The molecule has 2 aromatic rings. The van der Waals surface area contributed by atoms with Crippen molar-refractivity contribution in [1.29, 1.82) is 0 Å². The maximum absolute atomic E-state index is 11.8. The zero-order chi connectivity index (χ0) is 16.5. The molecule has 2 N–H and O–H groups in total. The van der Waals surface area contributed by atoms with Crippen molar-refractivity contribution in [2.75, 3.05) is 0 Å². The predicted octanol–water partition coefficient (Wildman–Crippen LogP) is 2.41. The average Bonchev–Trinajstić information content (AvgIpc) is 3.36. The van der Waals surface area contributed by atoms with Crippen molar-refractivity contribution in [3.8, 4) is 0 Å². The van der Waals surface area contributed by atoms with Crippen LogP contribution in [0.25, 0.3) is 0 Å². The number of aryl methyl sites for hydroxylation is 1. The predicted molar refractivity (Wildman–Crippen MR) is 92.4 cm³/mol.